The van der Waals surface area contributed by atoms with Gasteiger partial charge >= 0.3 is 0 Å². The predicted molar refractivity (Wildman–Crippen MR) is 133 cm³/mol. The van der Waals surface area contributed by atoms with Crippen molar-refractivity contribution < 1.29 is 18.4 Å². The van der Waals surface area contributed by atoms with Crippen LogP contribution in [0.4, 0.5) is 14.5 Å². The standard InChI is InChI=1S/C26H32F2N6O2/c1-15-21(16(2)33-32-15)17-6-8-18(9-7-17)30-24(36)22(31-23(35)20-10-13-29-34(20)5)19-14-25(3,4)11-12-26(19,27)28/h6-10,13,19,22H,11-12,14H2,1-5H3,(H,30,36)(H,31,35)(H,32,33)/t19-,22-/m0/s1. The Labute approximate surface area is 208 Å². The Bertz CT molecular complexity index is 1240. The van der Waals surface area contributed by atoms with Crippen LogP contribution < -0.4 is 10.6 Å². The summed E-state index contributed by atoms with van der Waals surface area (Å²) in [5.41, 5.74) is 3.90. The van der Waals surface area contributed by atoms with Crippen LogP contribution in [-0.4, -0.2) is 43.8 Å². The molecule has 1 aliphatic carbocycles. The largest absolute Gasteiger partial charge is 0.338 e. The van der Waals surface area contributed by atoms with E-state index in [4.69, 9.17) is 0 Å². The van der Waals surface area contributed by atoms with E-state index in [9.17, 15) is 9.59 Å². The maximum atomic E-state index is 15.2. The van der Waals surface area contributed by atoms with Gasteiger partial charge in [-0.25, -0.2) is 8.78 Å². The molecule has 1 fully saturated rings. The molecule has 1 aromatic carbocycles. The monoisotopic (exact) mass is 498 g/mol. The van der Waals surface area contributed by atoms with E-state index in [2.05, 4.69) is 25.9 Å². The molecule has 8 nitrogen and oxygen atoms in total. The van der Waals surface area contributed by atoms with E-state index in [-0.39, 0.29) is 24.0 Å². The molecule has 10 heteroatoms. The lowest BCUT2D eigenvalue weighted by atomic mass is 9.68. The minimum Gasteiger partial charge on any atom is -0.338 e. The fourth-order valence-electron chi connectivity index (χ4n) is 4.98. The molecule has 2 aromatic heterocycles. The van der Waals surface area contributed by atoms with Crippen molar-refractivity contribution in [2.24, 2.45) is 18.4 Å². The molecule has 0 radical (unpaired) electrons. The number of anilines is 1. The summed E-state index contributed by atoms with van der Waals surface area (Å²) in [4.78, 5) is 26.4. The van der Waals surface area contributed by atoms with E-state index in [1.54, 1.807) is 19.2 Å². The van der Waals surface area contributed by atoms with Crippen molar-refractivity contribution in [2.45, 2.75) is 58.9 Å². The summed E-state index contributed by atoms with van der Waals surface area (Å²) >= 11 is 0. The predicted octanol–water partition coefficient (Wildman–Crippen LogP) is 4.63. The second-order valence-corrected chi connectivity index (χ2v) is 10.4. The number of rotatable bonds is 6. The van der Waals surface area contributed by atoms with Gasteiger partial charge in [0.05, 0.1) is 11.6 Å². The highest BCUT2D eigenvalue weighted by molar-refractivity contribution is 6.00. The van der Waals surface area contributed by atoms with Crippen molar-refractivity contribution in [3.63, 3.8) is 0 Å². The molecule has 4 rings (SSSR count). The summed E-state index contributed by atoms with van der Waals surface area (Å²) in [6.45, 7) is 7.64. The summed E-state index contributed by atoms with van der Waals surface area (Å²) in [6.07, 6.45) is 1.54. The number of amides is 2. The highest BCUT2D eigenvalue weighted by Crippen LogP contribution is 2.48. The zero-order chi connectivity index (χ0) is 26.3. The second-order valence-electron chi connectivity index (χ2n) is 10.4. The minimum absolute atomic E-state index is 0.0989. The van der Waals surface area contributed by atoms with Crippen molar-refractivity contribution in [3.05, 3.63) is 53.6 Å². The van der Waals surface area contributed by atoms with Crippen LogP contribution in [0, 0.1) is 25.2 Å². The van der Waals surface area contributed by atoms with Gasteiger partial charge < -0.3 is 10.6 Å². The molecule has 192 valence electrons. The highest BCUT2D eigenvalue weighted by Gasteiger charge is 2.52. The van der Waals surface area contributed by atoms with Gasteiger partial charge in [0.1, 0.15) is 11.7 Å². The molecule has 0 spiro atoms. The Morgan fingerprint density at radius 3 is 2.42 bits per heavy atom. The third-order valence-electron chi connectivity index (χ3n) is 7.04. The summed E-state index contributed by atoms with van der Waals surface area (Å²) in [5.74, 6) is -5.77. The first-order chi connectivity index (χ1) is 16.9. The average Bonchev–Trinajstić information content (AvgIpc) is 3.39. The first-order valence-electron chi connectivity index (χ1n) is 12.0. The van der Waals surface area contributed by atoms with Gasteiger partial charge in [-0.15, -0.1) is 0 Å². The number of carbonyl (C=O) groups is 2. The molecule has 2 amide bonds. The Morgan fingerprint density at radius 1 is 1.14 bits per heavy atom. The van der Waals surface area contributed by atoms with Gasteiger partial charge in [0.2, 0.25) is 5.91 Å². The first kappa shape index (κ1) is 25.5. The Balaban J connectivity index is 1.60. The quantitative estimate of drug-likeness (QED) is 0.461. The van der Waals surface area contributed by atoms with Crippen LogP contribution in [0.1, 0.15) is 55.0 Å². The molecule has 3 N–H and O–H groups in total. The number of nitrogens with zero attached hydrogens (tertiary/aromatic N) is 3. The van der Waals surface area contributed by atoms with E-state index in [1.165, 1.54) is 16.9 Å². The van der Waals surface area contributed by atoms with Crippen LogP contribution in [0.5, 0.6) is 0 Å². The number of H-pyrrole nitrogens is 1. The first-order valence-corrected chi connectivity index (χ1v) is 12.0. The third kappa shape index (κ3) is 5.17. The number of aromatic amines is 1. The van der Waals surface area contributed by atoms with Crippen LogP contribution in [0.2, 0.25) is 0 Å². The van der Waals surface area contributed by atoms with Crippen molar-refractivity contribution >= 4 is 17.5 Å². The summed E-state index contributed by atoms with van der Waals surface area (Å²) in [6, 6.07) is 7.14. The molecular formula is C26H32F2N6O2. The van der Waals surface area contributed by atoms with Crippen molar-refractivity contribution in [1.82, 2.24) is 25.3 Å². The molecule has 1 saturated carbocycles. The molecule has 0 unspecified atom stereocenters. The average molecular weight is 499 g/mol. The maximum Gasteiger partial charge on any atom is 0.270 e. The fourth-order valence-corrected chi connectivity index (χ4v) is 4.98. The number of hydrogen-bond donors (Lipinski definition) is 3. The minimum atomic E-state index is -3.10. The number of carbonyl (C=O) groups excluding carboxylic acids is 2. The molecule has 0 saturated heterocycles. The number of nitrogens with one attached hydrogen (secondary N) is 3. The van der Waals surface area contributed by atoms with Gasteiger partial charge in [0.15, 0.2) is 0 Å². The summed E-state index contributed by atoms with van der Waals surface area (Å²) < 4.78 is 31.7. The molecule has 1 aliphatic rings. The Morgan fingerprint density at radius 2 is 1.83 bits per heavy atom. The zero-order valence-corrected chi connectivity index (χ0v) is 21.2. The van der Waals surface area contributed by atoms with Crippen molar-refractivity contribution in [3.8, 4) is 11.1 Å². The normalized spacial score (nSPS) is 19.5. The number of halogens is 2. The summed E-state index contributed by atoms with van der Waals surface area (Å²) in [5, 5.41) is 16.4. The van der Waals surface area contributed by atoms with Gasteiger partial charge in [0, 0.05) is 36.6 Å². The van der Waals surface area contributed by atoms with Crippen molar-refractivity contribution in [2.75, 3.05) is 5.32 Å². The Kier molecular flexibility index (Phi) is 6.72. The number of hydrogen-bond acceptors (Lipinski definition) is 4. The number of benzene rings is 1. The van der Waals surface area contributed by atoms with E-state index in [1.807, 2.05) is 39.8 Å². The molecule has 36 heavy (non-hydrogen) atoms. The van der Waals surface area contributed by atoms with Gasteiger partial charge in [-0.05, 0) is 55.9 Å². The van der Waals surface area contributed by atoms with Crippen LogP contribution in [0.15, 0.2) is 36.5 Å². The van der Waals surface area contributed by atoms with Crippen molar-refractivity contribution in [1.29, 1.82) is 0 Å². The van der Waals surface area contributed by atoms with E-state index < -0.39 is 29.7 Å². The molecule has 3 aromatic rings. The number of aryl methyl sites for hydroxylation is 3. The highest BCUT2D eigenvalue weighted by atomic mass is 19.3. The Hall–Kier alpha value is -3.56. The smallest absolute Gasteiger partial charge is 0.270 e. The number of alkyl halides is 2. The van der Waals surface area contributed by atoms with Gasteiger partial charge in [-0.2, -0.15) is 10.2 Å². The maximum absolute atomic E-state index is 15.2. The van der Waals surface area contributed by atoms with Gasteiger partial charge in [-0.1, -0.05) is 26.0 Å². The second kappa shape index (κ2) is 9.48. The fraction of sp³-hybridized carbons (Fsp3) is 0.462. The van der Waals surface area contributed by atoms with Crippen LogP contribution in [-0.2, 0) is 11.8 Å². The van der Waals surface area contributed by atoms with E-state index >= 15 is 8.78 Å². The lowest BCUT2D eigenvalue weighted by Gasteiger charge is -2.43. The molecule has 0 bridgehead atoms. The summed E-state index contributed by atoms with van der Waals surface area (Å²) in [7, 11) is 1.58. The topological polar surface area (TPSA) is 105 Å². The van der Waals surface area contributed by atoms with Crippen LogP contribution in [0.25, 0.3) is 11.1 Å². The van der Waals surface area contributed by atoms with Crippen LogP contribution >= 0.6 is 0 Å². The lowest BCUT2D eigenvalue weighted by Crippen LogP contribution is -2.56. The molecule has 2 atom stereocenters. The third-order valence-corrected chi connectivity index (χ3v) is 7.04. The van der Waals surface area contributed by atoms with Crippen LogP contribution in [0.3, 0.4) is 0 Å². The lowest BCUT2D eigenvalue weighted by molar-refractivity contribution is -0.140. The molecule has 0 aliphatic heterocycles. The zero-order valence-electron chi connectivity index (χ0n) is 21.2. The van der Waals surface area contributed by atoms with E-state index in [0.717, 1.165) is 22.5 Å². The molecule has 2 heterocycles. The van der Waals surface area contributed by atoms with Gasteiger partial charge in [-0.3, -0.25) is 19.4 Å². The molecular weight excluding hydrogens is 466 g/mol. The number of aromatic nitrogens is 4. The van der Waals surface area contributed by atoms with E-state index in [0.29, 0.717) is 12.1 Å². The van der Waals surface area contributed by atoms with Gasteiger partial charge in [0.25, 0.3) is 11.8 Å². The SMILES string of the molecule is Cc1n[nH]c(C)c1-c1ccc(NC(=O)[C@@H](NC(=O)c2ccnn2C)[C@@H]2CC(C)(C)CCC2(F)F)cc1.